The number of hydrogen-bond acceptors (Lipinski definition) is 15. The number of ether oxygens (including phenoxy) is 8. The van der Waals surface area contributed by atoms with Crippen LogP contribution in [0.4, 0.5) is 0 Å². The molecule has 0 N–H and O–H groups in total. The van der Waals surface area contributed by atoms with Gasteiger partial charge in [0, 0.05) is 29.6 Å². The first-order valence-corrected chi connectivity index (χ1v) is 18.9. The molecule has 0 amide bonds. The molecule has 0 spiro atoms. The molecular weight excluding hydrogens is 728 g/mol. The highest BCUT2D eigenvalue weighted by atomic mass is 32.2. The van der Waals surface area contributed by atoms with Crippen LogP contribution in [0, 0.1) is 23.7 Å². The predicted molar refractivity (Wildman–Crippen MR) is 191 cm³/mol. The molecule has 54 heavy (non-hydrogen) atoms. The van der Waals surface area contributed by atoms with E-state index in [0.717, 1.165) is 5.56 Å². The van der Waals surface area contributed by atoms with Crippen LogP contribution in [0.25, 0.3) is 20.9 Å². The first-order valence-electron chi connectivity index (χ1n) is 17.6. The second kappa shape index (κ2) is 22.0. The Morgan fingerprint density at radius 1 is 0.759 bits per heavy atom. The molecule has 3 aliphatic heterocycles. The Bertz CT molecular complexity index is 1490. The maximum absolute atomic E-state index is 11.8. The summed E-state index contributed by atoms with van der Waals surface area (Å²) in [4.78, 5) is 45.8. The van der Waals surface area contributed by atoms with Gasteiger partial charge in [-0.1, -0.05) is 68.3 Å². The summed E-state index contributed by atoms with van der Waals surface area (Å²) in [5, 5.41) is 8.08. The van der Waals surface area contributed by atoms with Gasteiger partial charge in [-0.05, 0) is 47.6 Å². The van der Waals surface area contributed by atoms with Crippen LogP contribution in [0.1, 0.15) is 54.0 Å². The first kappa shape index (κ1) is 44.7. The van der Waals surface area contributed by atoms with Crippen molar-refractivity contribution in [2.24, 2.45) is 33.9 Å². The number of thioether (sulfide) groups is 1. The summed E-state index contributed by atoms with van der Waals surface area (Å²) < 4.78 is 49.8. The molecule has 7 unspecified atom stereocenters. The van der Waals surface area contributed by atoms with Crippen LogP contribution < -0.4 is 0 Å². The summed E-state index contributed by atoms with van der Waals surface area (Å²) in [5.41, 5.74) is 19.3. The number of carbonyl (C=O) groups excluding carboxylic acids is 4. The highest BCUT2D eigenvalue weighted by Gasteiger charge is 2.52. The van der Waals surface area contributed by atoms with Crippen molar-refractivity contribution in [3.05, 3.63) is 56.8 Å². The zero-order valence-electron chi connectivity index (χ0n) is 31.7. The lowest BCUT2D eigenvalue weighted by atomic mass is 9.82. The summed E-state index contributed by atoms with van der Waals surface area (Å²) in [5.74, 6) is -1.88. The van der Waals surface area contributed by atoms with Crippen molar-refractivity contribution in [1.82, 2.24) is 0 Å². The molecule has 0 bridgehead atoms. The van der Waals surface area contributed by atoms with E-state index in [0.29, 0.717) is 0 Å². The van der Waals surface area contributed by atoms with E-state index in [2.05, 4.69) is 20.1 Å². The van der Waals surface area contributed by atoms with Crippen molar-refractivity contribution in [1.29, 1.82) is 0 Å². The number of rotatable bonds is 14. The van der Waals surface area contributed by atoms with Crippen molar-refractivity contribution >= 4 is 29.9 Å². The summed E-state index contributed by atoms with van der Waals surface area (Å²) in [6.45, 7) is 12.5. The Labute approximate surface area is 318 Å². The van der Waals surface area contributed by atoms with Crippen molar-refractivity contribution < 1.29 is 57.1 Å². The Balaban J connectivity index is 0.00000253. The number of hydrogen-bond donors (Lipinski definition) is 0. The van der Waals surface area contributed by atoms with Crippen molar-refractivity contribution in [2.45, 2.75) is 122 Å². The molecule has 1 aromatic carbocycles. The Hall–Kier alpha value is -3.73. The smallest absolute Gasteiger partial charge is 0.373 e. The quantitative estimate of drug-likeness (QED) is 0.100. The summed E-state index contributed by atoms with van der Waals surface area (Å²) in [6, 6.07) is 8.42. The highest BCUT2D eigenvalue weighted by molar-refractivity contribution is 7.99. The minimum absolute atomic E-state index is 0.0269. The van der Waals surface area contributed by atoms with Crippen LogP contribution in [0.5, 0.6) is 0 Å². The maximum atomic E-state index is 11.8. The average Bonchev–Trinajstić information content (AvgIpc) is 3.13. The van der Waals surface area contributed by atoms with E-state index in [1.807, 2.05) is 71.2 Å². The fourth-order valence-corrected chi connectivity index (χ4v) is 7.78. The number of carbonyl (C=O) groups is 2. The largest absolute Gasteiger partial charge is 0.463 e. The fraction of sp³-hybridized carbons (Fsp3) is 0.743. The van der Waals surface area contributed by atoms with Gasteiger partial charge in [-0.2, -0.15) is 9.59 Å². The van der Waals surface area contributed by atoms with Crippen molar-refractivity contribution in [2.75, 3.05) is 19.5 Å². The third-order valence-corrected chi connectivity index (χ3v) is 10.9. The molecule has 0 radical (unpaired) electrons. The summed E-state index contributed by atoms with van der Waals surface area (Å²) >= 11 is 1.39. The minimum Gasteiger partial charge on any atom is -0.463 e. The predicted octanol–water partition coefficient (Wildman–Crippen LogP) is 5.34. The van der Waals surface area contributed by atoms with Crippen molar-refractivity contribution in [3.8, 4) is 0 Å². The molecule has 18 nitrogen and oxygen atoms in total. The molecule has 4 rings (SSSR count). The van der Waals surface area contributed by atoms with E-state index in [1.165, 1.54) is 25.6 Å². The maximum Gasteiger partial charge on any atom is 0.373 e. The van der Waals surface area contributed by atoms with Crippen LogP contribution >= 0.6 is 11.8 Å². The zero-order valence-corrected chi connectivity index (χ0v) is 32.5. The first-order chi connectivity index (χ1) is 25.8. The molecule has 3 saturated heterocycles. The second-order valence-corrected chi connectivity index (χ2v) is 14.4. The number of benzene rings is 1. The van der Waals surface area contributed by atoms with Crippen molar-refractivity contribution in [3.63, 3.8) is 0 Å². The van der Waals surface area contributed by atoms with E-state index in [1.54, 1.807) is 0 Å². The van der Waals surface area contributed by atoms with Gasteiger partial charge in [-0.3, -0.25) is 9.59 Å². The van der Waals surface area contributed by atoms with E-state index < -0.39 is 78.7 Å². The molecule has 0 saturated carbocycles. The molecule has 19 heteroatoms. The molecule has 0 aliphatic carbocycles. The van der Waals surface area contributed by atoms with Crippen LogP contribution in [0.3, 0.4) is 0 Å². The van der Waals surface area contributed by atoms with Gasteiger partial charge in [0.05, 0.1) is 43.1 Å². The van der Waals surface area contributed by atoms with Crippen LogP contribution in [-0.4, -0.2) is 104 Å². The third-order valence-electron chi connectivity index (χ3n) is 10.0. The number of esters is 2. The monoisotopic (exact) mass is 778 g/mol. The second-order valence-electron chi connectivity index (χ2n) is 13.5. The lowest BCUT2D eigenvalue weighted by Crippen LogP contribution is -2.61. The molecule has 3 heterocycles. The highest BCUT2D eigenvalue weighted by Crippen LogP contribution is 2.41. The average molecular weight is 779 g/mol. The Morgan fingerprint density at radius 2 is 1.33 bits per heavy atom. The summed E-state index contributed by atoms with van der Waals surface area (Å²) in [6.07, 6.45) is -3.59. The fourth-order valence-electron chi connectivity index (χ4n) is 6.95. The molecule has 3 aliphatic rings. The lowest BCUT2D eigenvalue weighted by molar-refractivity contribution is -0.347. The van der Waals surface area contributed by atoms with Gasteiger partial charge < -0.3 is 37.9 Å². The topological polar surface area (TPSA) is 240 Å². The number of nitrogens with zero attached hydrogens (tertiary/aromatic N) is 6. The molecule has 1 aromatic rings. The molecular formula is C35H50N6O12S. The van der Waals surface area contributed by atoms with E-state index >= 15 is 0 Å². The van der Waals surface area contributed by atoms with Gasteiger partial charge in [0.25, 0.3) is 0 Å². The van der Waals surface area contributed by atoms with Gasteiger partial charge >= 0.3 is 18.1 Å². The molecule has 298 valence electrons. The molecule has 3 fully saturated rings. The molecule has 15 atom stereocenters. The molecule has 0 aromatic heterocycles. The zero-order chi connectivity index (χ0) is 39.9. The van der Waals surface area contributed by atoms with E-state index in [-0.39, 0.29) is 49.6 Å². The standard InChI is InChI=1S/C34H50N6O10S.CO2/c1-17-18(2)27(37-39-35)32(47-25(17)15-43-22(6)41)49-29-20(4)31(45-14-24-12-10-9-11-13-24)33(46-21(29)5)50-30-19(3)28(38-40-36)34(51-8)48-26(30)16-44-23(7)42;2-1-3/h9-13,17-21,25-34H,14-16H2,1-8H3;/t17-,18-,19+,20-,21?,25?,26?,27?,28?,29-,30-,31?,32+,33-,34?;/m0./s1. The normalized spacial score (nSPS) is 36.1. The van der Waals surface area contributed by atoms with E-state index in [9.17, 15) is 20.7 Å². The van der Waals surface area contributed by atoms with Gasteiger partial charge in [-0.15, -0.1) is 11.8 Å². The Kier molecular flexibility index (Phi) is 18.2. The van der Waals surface area contributed by atoms with Crippen LogP contribution in [-0.2, 0) is 63.7 Å². The SMILES string of the molecule is CSC1OC(COC(C)=O)[C@@H](O[C@@H]2OC(C)[C@@H](O[C@H]3OC(COC(C)=O)[C@@H](C)[C@H](C)C3N=[N+]=[N-])[C@H](C)C2OCc2ccccc2)[C@H](C)C1N=[N+]=[N-].O=C=O. The van der Waals surface area contributed by atoms with Gasteiger partial charge in [0.1, 0.15) is 30.9 Å². The van der Waals surface area contributed by atoms with Crippen LogP contribution in [0.15, 0.2) is 40.6 Å². The van der Waals surface area contributed by atoms with E-state index in [4.69, 9.17) is 47.5 Å². The Morgan fingerprint density at radius 3 is 1.91 bits per heavy atom. The van der Waals surface area contributed by atoms with Gasteiger partial charge in [0.2, 0.25) is 0 Å². The summed E-state index contributed by atoms with van der Waals surface area (Å²) in [7, 11) is 0. The minimum atomic E-state index is -0.966. The van der Waals surface area contributed by atoms with Gasteiger partial charge in [-0.25, -0.2) is 0 Å². The van der Waals surface area contributed by atoms with Gasteiger partial charge in [0.15, 0.2) is 12.6 Å². The van der Waals surface area contributed by atoms with Crippen LogP contribution in [0.2, 0.25) is 0 Å². The third kappa shape index (κ3) is 11.9. The lowest BCUT2D eigenvalue weighted by Gasteiger charge is -2.50. The number of azide groups is 2.